The summed E-state index contributed by atoms with van der Waals surface area (Å²) in [6, 6.07) is 0. The molecular formula is C13H22O6. The molecule has 0 bridgehead atoms. The zero-order chi connectivity index (χ0) is 14.5. The average Bonchev–Trinajstić information content (AvgIpc) is 2.39. The lowest BCUT2D eigenvalue weighted by Crippen LogP contribution is -2.14. The van der Waals surface area contributed by atoms with E-state index in [0.29, 0.717) is 26.4 Å². The predicted octanol–water partition coefficient (Wildman–Crippen LogP) is 1.09. The number of hydrogen-bond donors (Lipinski definition) is 0. The molecule has 0 amide bonds. The highest BCUT2D eigenvalue weighted by Crippen LogP contribution is 1.98. The van der Waals surface area contributed by atoms with E-state index in [1.807, 2.05) is 13.8 Å². The Morgan fingerprint density at radius 3 is 1.95 bits per heavy atom. The summed E-state index contributed by atoms with van der Waals surface area (Å²) in [5.74, 6) is -1.14. The Kier molecular flexibility index (Phi) is 10.8. The third kappa shape index (κ3) is 10.2. The summed E-state index contributed by atoms with van der Waals surface area (Å²) in [5.41, 5.74) is 0.193. The van der Waals surface area contributed by atoms with E-state index in [9.17, 15) is 9.59 Å². The quantitative estimate of drug-likeness (QED) is 0.337. The van der Waals surface area contributed by atoms with Crippen molar-refractivity contribution in [3.63, 3.8) is 0 Å². The van der Waals surface area contributed by atoms with E-state index in [-0.39, 0.29) is 18.8 Å². The van der Waals surface area contributed by atoms with Gasteiger partial charge in [0.05, 0.1) is 13.2 Å². The molecule has 0 atom stereocenters. The van der Waals surface area contributed by atoms with Crippen molar-refractivity contribution >= 4 is 11.9 Å². The van der Waals surface area contributed by atoms with Gasteiger partial charge in [-0.05, 0) is 20.8 Å². The van der Waals surface area contributed by atoms with Crippen molar-refractivity contribution < 1.29 is 28.5 Å². The summed E-state index contributed by atoms with van der Waals surface area (Å²) in [7, 11) is 0. The van der Waals surface area contributed by atoms with E-state index in [2.05, 4.69) is 0 Å². The van der Waals surface area contributed by atoms with Crippen LogP contribution in [0.1, 0.15) is 20.8 Å². The lowest BCUT2D eigenvalue weighted by molar-refractivity contribution is -0.142. The van der Waals surface area contributed by atoms with Crippen LogP contribution >= 0.6 is 0 Å². The first-order valence-corrected chi connectivity index (χ1v) is 6.29. The maximum Gasteiger partial charge on any atom is 0.334 e. The highest BCUT2D eigenvalue weighted by atomic mass is 16.6. The summed E-state index contributed by atoms with van der Waals surface area (Å²) in [6.45, 7) is 7.34. The van der Waals surface area contributed by atoms with E-state index in [0.717, 1.165) is 6.08 Å². The largest absolute Gasteiger partial charge is 0.460 e. The Morgan fingerprint density at radius 2 is 1.42 bits per heavy atom. The maximum atomic E-state index is 11.4. The minimum absolute atomic E-state index is 0.163. The fourth-order valence-electron chi connectivity index (χ4n) is 1.07. The lowest BCUT2D eigenvalue weighted by Gasteiger charge is -2.05. The Bertz CT molecular complexity index is 298. The molecule has 6 heteroatoms. The molecule has 0 unspecified atom stereocenters. The Labute approximate surface area is 113 Å². The molecule has 0 aliphatic rings. The minimum Gasteiger partial charge on any atom is -0.460 e. The first-order chi connectivity index (χ1) is 9.11. The maximum absolute atomic E-state index is 11.4. The molecule has 0 saturated carbocycles. The SMILES string of the molecule is CCOCCOC(=O)/C=C(/C)C(=O)OCCOCC. The molecule has 6 nitrogen and oxygen atoms in total. The molecule has 0 N–H and O–H groups in total. The van der Waals surface area contributed by atoms with Gasteiger partial charge >= 0.3 is 11.9 Å². The number of esters is 2. The molecule has 19 heavy (non-hydrogen) atoms. The van der Waals surface area contributed by atoms with Crippen LogP contribution in [0.25, 0.3) is 0 Å². The Balaban J connectivity index is 3.88. The second kappa shape index (κ2) is 11.7. The van der Waals surface area contributed by atoms with Crippen LogP contribution in [0.2, 0.25) is 0 Å². The molecule has 0 aromatic heterocycles. The number of carbonyl (C=O) groups excluding carboxylic acids is 2. The zero-order valence-corrected chi connectivity index (χ0v) is 11.8. The van der Waals surface area contributed by atoms with Crippen LogP contribution < -0.4 is 0 Å². The van der Waals surface area contributed by atoms with Gasteiger partial charge in [0, 0.05) is 24.9 Å². The van der Waals surface area contributed by atoms with Crippen LogP contribution in [0.3, 0.4) is 0 Å². The smallest absolute Gasteiger partial charge is 0.334 e. The second-order valence-corrected chi connectivity index (χ2v) is 3.52. The standard InChI is InChI=1S/C13H22O6/c1-4-16-6-8-18-12(14)10-11(3)13(15)19-9-7-17-5-2/h10H,4-9H2,1-3H3/b11-10-. The van der Waals surface area contributed by atoms with Gasteiger partial charge in [-0.25, -0.2) is 9.59 Å². The molecule has 0 aromatic carbocycles. The summed E-state index contributed by atoms with van der Waals surface area (Å²) in [6.07, 6.45) is 1.11. The van der Waals surface area contributed by atoms with Gasteiger partial charge < -0.3 is 18.9 Å². The fourth-order valence-corrected chi connectivity index (χ4v) is 1.07. The van der Waals surface area contributed by atoms with Gasteiger partial charge in [-0.3, -0.25) is 0 Å². The highest BCUT2D eigenvalue weighted by Gasteiger charge is 2.08. The van der Waals surface area contributed by atoms with Gasteiger partial charge in [0.2, 0.25) is 0 Å². The number of rotatable bonds is 10. The molecule has 110 valence electrons. The van der Waals surface area contributed by atoms with Crippen molar-refractivity contribution in [2.45, 2.75) is 20.8 Å². The second-order valence-electron chi connectivity index (χ2n) is 3.52. The third-order valence-electron chi connectivity index (χ3n) is 2.00. The monoisotopic (exact) mass is 274 g/mol. The molecule has 0 aromatic rings. The third-order valence-corrected chi connectivity index (χ3v) is 2.00. The number of ether oxygens (including phenoxy) is 4. The fraction of sp³-hybridized carbons (Fsp3) is 0.692. The molecule has 0 aliphatic carbocycles. The normalized spacial score (nSPS) is 11.2. The molecule has 0 heterocycles. The van der Waals surface area contributed by atoms with Crippen LogP contribution in [0, 0.1) is 0 Å². The first-order valence-electron chi connectivity index (χ1n) is 6.29. The van der Waals surface area contributed by atoms with Crippen LogP contribution in [0.5, 0.6) is 0 Å². The Hall–Kier alpha value is -1.40. The van der Waals surface area contributed by atoms with E-state index in [4.69, 9.17) is 18.9 Å². The van der Waals surface area contributed by atoms with Gasteiger partial charge in [-0.2, -0.15) is 0 Å². The van der Waals surface area contributed by atoms with E-state index in [1.165, 1.54) is 6.92 Å². The van der Waals surface area contributed by atoms with Crippen molar-refractivity contribution in [3.05, 3.63) is 11.6 Å². The highest BCUT2D eigenvalue weighted by molar-refractivity contribution is 5.95. The van der Waals surface area contributed by atoms with Crippen LogP contribution in [0.15, 0.2) is 11.6 Å². The summed E-state index contributed by atoms with van der Waals surface area (Å²) in [4.78, 5) is 22.8. The van der Waals surface area contributed by atoms with Gasteiger partial charge in [-0.1, -0.05) is 0 Å². The van der Waals surface area contributed by atoms with Crippen LogP contribution in [-0.2, 0) is 28.5 Å². The summed E-state index contributed by atoms with van der Waals surface area (Å²) >= 11 is 0. The average molecular weight is 274 g/mol. The van der Waals surface area contributed by atoms with E-state index >= 15 is 0 Å². The van der Waals surface area contributed by atoms with Gasteiger partial charge in [0.25, 0.3) is 0 Å². The van der Waals surface area contributed by atoms with E-state index < -0.39 is 11.9 Å². The van der Waals surface area contributed by atoms with Gasteiger partial charge in [0.15, 0.2) is 0 Å². The molecule has 0 saturated heterocycles. The van der Waals surface area contributed by atoms with Crippen LogP contribution in [0.4, 0.5) is 0 Å². The van der Waals surface area contributed by atoms with Crippen molar-refractivity contribution in [1.29, 1.82) is 0 Å². The summed E-state index contributed by atoms with van der Waals surface area (Å²) < 4.78 is 19.7. The van der Waals surface area contributed by atoms with Gasteiger partial charge in [-0.15, -0.1) is 0 Å². The lowest BCUT2D eigenvalue weighted by atomic mass is 10.3. The molecule has 0 rings (SSSR count). The first kappa shape index (κ1) is 17.6. The number of carbonyl (C=O) groups is 2. The zero-order valence-electron chi connectivity index (χ0n) is 11.8. The van der Waals surface area contributed by atoms with Crippen molar-refractivity contribution in [2.75, 3.05) is 39.6 Å². The predicted molar refractivity (Wildman–Crippen MR) is 68.7 cm³/mol. The van der Waals surface area contributed by atoms with Crippen LogP contribution in [-0.4, -0.2) is 51.6 Å². The van der Waals surface area contributed by atoms with Crippen molar-refractivity contribution in [2.24, 2.45) is 0 Å². The molecule has 0 fully saturated rings. The van der Waals surface area contributed by atoms with Gasteiger partial charge in [0.1, 0.15) is 13.2 Å². The Morgan fingerprint density at radius 1 is 0.895 bits per heavy atom. The molecular weight excluding hydrogens is 252 g/mol. The molecule has 0 radical (unpaired) electrons. The van der Waals surface area contributed by atoms with E-state index in [1.54, 1.807) is 0 Å². The number of hydrogen-bond acceptors (Lipinski definition) is 6. The topological polar surface area (TPSA) is 71.1 Å². The minimum atomic E-state index is -0.584. The van der Waals surface area contributed by atoms with Crippen molar-refractivity contribution in [1.82, 2.24) is 0 Å². The molecule has 0 spiro atoms. The summed E-state index contributed by atoms with van der Waals surface area (Å²) in [5, 5.41) is 0. The molecule has 0 aliphatic heterocycles. The van der Waals surface area contributed by atoms with Crippen molar-refractivity contribution in [3.8, 4) is 0 Å².